The average Bonchev–Trinajstić information content (AvgIpc) is 2.13. The molecule has 14 heavy (non-hydrogen) atoms. The molecule has 5 heteroatoms. The number of nitrogens with one attached hydrogen (secondary N) is 1. The van der Waals surface area contributed by atoms with E-state index < -0.39 is 29.1 Å². The Balaban J connectivity index is 3.11. The molecule has 78 valence electrons. The normalized spacial score (nSPS) is 12.9. The maximum atomic E-state index is 13.2. The lowest BCUT2D eigenvalue weighted by Gasteiger charge is -2.12. The summed E-state index contributed by atoms with van der Waals surface area (Å²) >= 11 is 0. The predicted molar refractivity (Wildman–Crippen MR) is 46.9 cm³/mol. The zero-order valence-corrected chi connectivity index (χ0v) is 7.59. The van der Waals surface area contributed by atoms with E-state index in [-0.39, 0.29) is 6.54 Å². The Morgan fingerprint density at radius 2 is 2.07 bits per heavy atom. The van der Waals surface area contributed by atoms with Crippen LogP contribution in [-0.4, -0.2) is 23.8 Å². The van der Waals surface area contributed by atoms with Gasteiger partial charge >= 0.3 is 0 Å². The first-order chi connectivity index (χ1) is 6.57. The van der Waals surface area contributed by atoms with Crippen molar-refractivity contribution < 1.29 is 19.0 Å². The van der Waals surface area contributed by atoms with Gasteiger partial charge in [0.1, 0.15) is 5.82 Å². The summed E-state index contributed by atoms with van der Waals surface area (Å²) in [5, 5.41) is 20.9. The van der Waals surface area contributed by atoms with Crippen molar-refractivity contribution in [3.8, 4) is 5.75 Å². The lowest BCUT2D eigenvalue weighted by atomic mass is 10.1. The number of rotatable bonds is 3. The van der Waals surface area contributed by atoms with Crippen LogP contribution in [0.1, 0.15) is 11.7 Å². The molecule has 1 atom stereocenters. The highest BCUT2D eigenvalue weighted by Crippen LogP contribution is 2.26. The molecule has 0 aliphatic carbocycles. The number of aromatic hydroxyl groups is 1. The molecular formula is C9H11F2NO2. The smallest absolute Gasteiger partial charge is 0.173 e. The van der Waals surface area contributed by atoms with E-state index in [1.165, 1.54) is 0 Å². The van der Waals surface area contributed by atoms with E-state index in [4.69, 9.17) is 5.11 Å². The van der Waals surface area contributed by atoms with Crippen molar-refractivity contribution in [2.75, 3.05) is 13.6 Å². The van der Waals surface area contributed by atoms with Gasteiger partial charge in [0.2, 0.25) is 0 Å². The summed E-state index contributed by atoms with van der Waals surface area (Å²) in [5.74, 6) is -2.66. The van der Waals surface area contributed by atoms with Crippen molar-refractivity contribution in [2.45, 2.75) is 6.10 Å². The fraction of sp³-hybridized carbons (Fsp3) is 0.333. The third-order valence-corrected chi connectivity index (χ3v) is 1.84. The molecule has 3 nitrogen and oxygen atoms in total. The Morgan fingerprint density at radius 3 is 2.64 bits per heavy atom. The van der Waals surface area contributed by atoms with Gasteiger partial charge in [0.25, 0.3) is 0 Å². The summed E-state index contributed by atoms with van der Waals surface area (Å²) in [7, 11) is 1.54. The molecule has 1 aromatic rings. The van der Waals surface area contributed by atoms with Gasteiger partial charge in [-0.05, 0) is 19.2 Å². The number of aliphatic hydroxyl groups excluding tert-OH is 1. The van der Waals surface area contributed by atoms with E-state index in [2.05, 4.69) is 5.32 Å². The van der Waals surface area contributed by atoms with Gasteiger partial charge in [0.15, 0.2) is 11.6 Å². The topological polar surface area (TPSA) is 52.5 Å². The Bertz CT molecular complexity index is 331. The van der Waals surface area contributed by atoms with E-state index in [9.17, 15) is 13.9 Å². The molecule has 0 spiro atoms. The molecule has 1 aromatic carbocycles. The second-order valence-electron chi connectivity index (χ2n) is 2.87. The monoisotopic (exact) mass is 203 g/mol. The number of halogens is 2. The summed E-state index contributed by atoms with van der Waals surface area (Å²) in [4.78, 5) is 0. The lowest BCUT2D eigenvalue weighted by molar-refractivity contribution is 0.166. The molecule has 3 N–H and O–H groups in total. The number of benzene rings is 1. The number of phenols is 1. The third-order valence-electron chi connectivity index (χ3n) is 1.84. The van der Waals surface area contributed by atoms with Crippen molar-refractivity contribution >= 4 is 0 Å². The largest absolute Gasteiger partial charge is 0.505 e. The van der Waals surface area contributed by atoms with Crippen LogP contribution >= 0.6 is 0 Å². The molecule has 0 aliphatic heterocycles. The number of hydrogen-bond acceptors (Lipinski definition) is 3. The summed E-state index contributed by atoms with van der Waals surface area (Å²) in [6, 6.07) is 1.81. The quantitative estimate of drug-likeness (QED) is 0.684. The molecule has 0 bridgehead atoms. The van der Waals surface area contributed by atoms with Crippen LogP contribution < -0.4 is 5.32 Å². The van der Waals surface area contributed by atoms with Crippen molar-refractivity contribution in [2.24, 2.45) is 0 Å². The summed E-state index contributed by atoms with van der Waals surface area (Å²) < 4.78 is 26.2. The molecule has 0 aliphatic rings. The van der Waals surface area contributed by atoms with Crippen LogP contribution in [0.4, 0.5) is 8.78 Å². The van der Waals surface area contributed by atoms with Gasteiger partial charge in [-0.3, -0.25) is 0 Å². The van der Waals surface area contributed by atoms with Gasteiger partial charge in [0.05, 0.1) is 11.7 Å². The van der Waals surface area contributed by atoms with Gasteiger partial charge in [-0.25, -0.2) is 8.78 Å². The minimum atomic E-state index is -1.31. The van der Waals surface area contributed by atoms with Crippen LogP contribution in [0.2, 0.25) is 0 Å². The molecule has 0 aromatic heterocycles. The SMILES string of the molecule is CNCC(O)c1c(F)ccc(O)c1F. The van der Waals surface area contributed by atoms with E-state index in [1.54, 1.807) is 7.05 Å². The maximum Gasteiger partial charge on any atom is 0.173 e. The molecule has 0 amide bonds. The highest BCUT2D eigenvalue weighted by molar-refractivity contribution is 5.32. The Hall–Kier alpha value is -1.20. The van der Waals surface area contributed by atoms with Crippen LogP contribution in [-0.2, 0) is 0 Å². The fourth-order valence-electron chi connectivity index (χ4n) is 1.16. The first kappa shape index (κ1) is 10.9. The van der Waals surface area contributed by atoms with Crippen LogP contribution in [0.3, 0.4) is 0 Å². The van der Waals surface area contributed by atoms with E-state index in [1.807, 2.05) is 0 Å². The molecule has 0 radical (unpaired) electrons. The highest BCUT2D eigenvalue weighted by Gasteiger charge is 2.19. The molecule has 0 heterocycles. The third kappa shape index (κ3) is 2.00. The van der Waals surface area contributed by atoms with E-state index in [0.29, 0.717) is 0 Å². The van der Waals surface area contributed by atoms with Crippen LogP contribution in [0.5, 0.6) is 5.75 Å². The van der Waals surface area contributed by atoms with Gasteiger partial charge in [-0.1, -0.05) is 0 Å². The molecule has 1 rings (SSSR count). The first-order valence-corrected chi connectivity index (χ1v) is 4.07. The minimum absolute atomic E-state index is 0.0112. The average molecular weight is 203 g/mol. The van der Waals surface area contributed by atoms with Crippen LogP contribution in [0, 0.1) is 11.6 Å². The molecule has 0 fully saturated rings. The van der Waals surface area contributed by atoms with Crippen LogP contribution in [0.25, 0.3) is 0 Å². The first-order valence-electron chi connectivity index (χ1n) is 4.07. The van der Waals surface area contributed by atoms with E-state index >= 15 is 0 Å². The van der Waals surface area contributed by atoms with Crippen LogP contribution in [0.15, 0.2) is 12.1 Å². The number of likely N-dealkylation sites (N-methyl/N-ethyl adjacent to an activating group) is 1. The summed E-state index contributed by atoms with van der Waals surface area (Å²) in [5.41, 5.74) is -0.514. The molecule has 1 unspecified atom stereocenters. The van der Waals surface area contributed by atoms with Gasteiger partial charge in [0, 0.05) is 6.54 Å². The highest BCUT2D eigenvalue weighted by atomic mass is 19.1. The Morgan fingerprint density at radius 1 is 1.43 bits per heavy atom. The molecule has 0 saturated carbocycles. The van der Waals surface area contributed by atoms with Crippen molar-refractivity contribution in [3.05, 3.63) is 29.3 Å². The van der Waals surface area contributed by atoms with Crippen molar-refractivity contribution in [3.63, 3.8) is 0 Å². The maximum absolute atomic E-state index is 13.2. The van der Waals surface area contributed by atoms with Crippen molar-refractivity contribution in [1.29, 1.82) is 0 Å². The molecular weight excluding hydrogens is 192 g/mol. The standard InChI is InChI=1S/C9H11F2NO2/c1-12-4-7(14)8-5(10)2-3-6(13)9(8)11/h2-3,7,12-14H,4H2,1H3. The number of hydrogen-bond donors (Lipinski definition) is 3. The summed E-state index contributed by atoms with van der Waals surface area (Å²) in [6.07, 6.45) is -1.31. The zero-order valence-electron chi connectivity index (χ0n) is 7.59. The number of phenolic OH excluding ortho intramolecular Hbond substituents is 1. The zero-order chi connectivity index (χ0) is 10.7. The second-order valence-corrected chi connectivity index (χ2v) is 2.87. The number of aliphatic hydroxyl groups is 1. The fourth-order valence-corrected chi connectivity index (χ4v) is 1.16. The lowest BCUT2D eigenvalue weighted by Crippen LogP contribution is -2.18. The van der Waals surface area contributed by atoms with Gasteiger partial charge in [-0.15, -0.1) is 0 Å². The van der Waals surface area contributed by atoms with Crippen molar-refractivity contribution in [1.82, 2.24) is 5.32 Å². The Kier molecular flexibility index (Phi) is 3.38. The predicted octanol–water partition coefficient (Wildman–Crippen LogP) is 0.923. The second kappa shape index (κ2) is 4.34. The Labute approximate surface area is 80.0 Å². The summed E-state index contributed by atoms with van der Waals surface area (Å²) in [6.45, 7) is 0.0112. The van der Waals surface area contributed by atoms with Gasteiger partial charge in [-0.2, -0.15) is 0 Å². The molecule has 0 saturated heterocycles. The van der Waals surface area contributed by atoms with E-state index in [0.717, 1.165) is 12.1 Å². The minimum Gasteiger partial charge on any atom is -0.505 e. The van der Waals surface area contributed by atoms with Gasteiger partial charge < -0.3 is 15.5 Å².